The summed E-state index contributed by atoms with van der Waals surface area (Å²) in [5, 5.41) is 6.20. The molecule has 6 nitrogen and oxygen atoms in total. The number of nitrogens with one attached hydrogen (secondary N) is 2. The molecule has 1 amide bonds. The maximum atomic E-state index is 14.0. The second-order valence-corrected chi connectivity index (χ2v) is 7.02. The molecule has 1 saturated heterocycles. The van der Waals surface area contributed by atoms with Crippen LogP contribution in [-0.4, -0.2) is 63.1 Å². The Labute approximate surface area is 175 Å². The largest absolute Gasteiger partial charge is 0.366 e. The molecular formula is C22H27F2N5O. The molecule has 0 unspecified atom stereocenters. The molecule has 1 aliphatic heterocycles. The summed E-state index contributed by atoms with van der Waals surface area (Å²) in [4.78, 5) is 20.3. The summed E-state index contributed by atoms with van der Waals surface area (Å²) in [5.41, 5.74) is 0.945. The first kappa shape index (κ1) is 21.5. The van der Waals surface area contributed by atoms with E-state index >= 15 is 0 Å². The third-order valence-corrected chi connectivity index (χ3v) is 5.00. The van der Waals surface area contributed by atoms with Crippen molar-refractivity contribution >= 4 is 17.6 Å². The topological polar surface area (TPSA) is 60.0 Å². The van der Waals surface area contributed by atoms with E-state index in [4.69, 9.17) is 0 Å². The standard InChI is InChI=1S/C22H27F2N5O/c1-25-22(27-11-5-10-26-21(30)17-6-3-2-4-7-17)29-14-12-28(13-15-29)20-16-18(23)8-9-19(20)24/h2-4,6-9,16H,5,10-15H2,1H3,(H,25,27)(H,26,30). The SMILES string of the molecule is CN=C(NCCCNC(=O)c1ccccc1)N1CCN(c2cc(F)ccc2F)CC1. The summed E-state index contributed by atoms with van der Waals surface area (Å²) in [5.74, 6) is -0.167. The van der Waals surface area contributed by atoms with E-state index in [0.717, 1.165) is 24.5 Å². The Hall–Kier alpha value is -3.16. The fraction of sp³-hybridized carbons (Fsp3) is 0.364. The number of benzene rings is 2. The van der Waals surface area contributed by atoms with Gasteiger partial charge in [-0.15, -0.1) is 0 Å². The van der Waals surface area contributed by atoms with E-state index in [9.17, 15) is 13.6 Å². The number of guanidine groups is 1. The highest BCUT2D eigenvalue weighted by Gasteiger charge is 2.21. The van der Waals surface area contributed by atoms with Crippen molar-refractivity contribution in [3.05, 3.63) is 65.7 Å². The van der Waals surface area contributed by atoms with Crippen LogP contribution in [0.25, 0.3) is 0 Å². The zero-order valence-electron chi connectivity index (χ0n) is 17.1. The Kier molecular flexibility index (Phi) is 7.59. The number of carbonyl (C=O) groups is 1. The molecule has 8 heteroatoms. The van der Waals surface area contributed by atoms with Gasteiger partial charge in [0, 0.05) is 57.9 Å². The summed E-state index contributed by atoms with van der Waals surface area (Å²) in [6.07, 6.45) is 0.756. The molecule has 2 N–H and O–H groups in total. The Balaban J connectivity index is 1.40. The summed E-state index contributed by atoms with van der Waals surface area (Å²) < 4.78 is 27.4. The van der Waals surface area contributed by atoms with Gasteiger partial charge in [0.2, 0.25) is 0 Å². The maximum absolute atomic E-state index is 14.0. The zero-order chi connectivity index (χ0) is 21.3. The number of rotatable bonds is 6. The van der Waals surface area contributed by atoms with Crippen LogP contribution < -0.4 is 15.5 Å². The van der Waals surface area contributed by atoms with Gasteiger partial charge in [0.25, 0.3) is 5.91 Å². The maximum Gasteiger partial charge on any atom is 0.251 e. The lowest BCUT2D eigenvalue weighted by atomic mass is 10.2. The summed E-state index contributed by atoms with van der Waals surface area (Å²) in [6, 6.07) is 12.6. The number of halogens is 2. The Morgan fingerprint density at radius 3 is 2.40 bits per heavy atom. The van der Waals surface area contributed by atoms with Crippen molar-refractivity contribution in [1.82, 2.24) is 15.5 Å². The molecule has 1 fully saturated rings. The number of aliphatic imine (C=N–C) groups is 1. The van der Waals surface area contributed by atoms with Gasteiger partial charge in [-0.1, -0.05) is 18.2 Å². The van der Waals surface area contributed by atoms with Crippen LogP contribution >= 0.6 is 0 Å². The van der Waals surface area contributed by atoms with Crippen LogP contribution in [0, 0.1) is 11.6 Å². The molecule has 0 radical (unpaired) electrons. The first-order valence-corrected chi connectivity index (χ1v) is 10.1. The lowest BCUT2D eigenvalue weighted by Crippen LogP contribution is -2.53. The highest BCUT2D eigenvalue weighted by atomic mass is 19.1. The third kappa shape index (κ3) is 5.68. The van der Waals surface area contributed by atoms with E-state index in [2.05, 4.69) is 20.5 Å². The minimum absolute atomic E-state index is 0.0827. The number of carbonyl (C=O) groups excluding carboxylic acids is 1. The predicted molar refractivity (Wildman–Crippen MR) is 115 cm³/mol. The third-order valence-electron chi connectivity index (χ3n) is 5.00. The van der Waals surface area contributed by atoms with Crippen molar-refractivity contribution < 1.29 is 13.6 Å². The predicted octanol–water partition coefficient (Wildman–Crippen LogP) is 2.48. The van der Waals surface area contributed by atoms with Crippen LogP contribution in [0.15, 0.2) is 53.5 Å². The van der Waals surface area contributed by atoms with Crippen LogP contribution in [-0.2, 0) is 0 Å². The monoisotopic (exact) mass is 415 g/mol. The van der Waals surface area contributed by atoms with Crippen LogP contribution in [0.4, 0.5) is 14.5 Å². The Bertz CT molecular complexity index is 867. The minimum Gasteiger partial charge on any atom is -0.366 e. The molecule has 2 aromatic carbocycles. The fourth-order valence-electron chi connectivity index (χ4n) is 3.40. The highest BCUT2D eigenvalue weighted by Crippen LogP contribution is 2.21. The smallest absolute Gasteiger partial charge is 0.251 e. The van der Waals surface area contributed by atoms with Gasteiger partial charge in [0.05, 0.1) is 5.69 Å². The number of hydrogen-bond donors (Lipinski definition) is 2. The molecule has 0 aromatic heterocycles. The molecule has 0 atom stereocenters. The lowest BCUT2D eigenvalue weighted by Gasteiger charge is -2.37. The molecule has 0 saturated carbocycles. The summed E-state index contributed by atoms with van der Waals surface area (Å²) >= 11 is 0. The normalized spacial score (nSPS) is 14.6. The molecule has 1 aliphatic rings. The van der Waals surface area contributed by atoms with Gasteiger partial charge in [0.15, 0.2) is 5.96 Å². The van der Waals surface area contributed by atoms with E-state index in [1.165, 1.54) is 6.07 Å². The van der Waals surface area contributed by atoms with Gasteiger partial charge in [0.1, 0.15) is 11.6 Å². The van der Waals surface area contributed by atoms with Crippen LogP contribution in [0.2, 0.25) is 0 Å². The first-order valence-electron chi connectivity index (χ1n) is 10.1. The van der Waals surface area contributed by atoms with Crippen LogP contribution in [0.1, 0.15) is 16.8 Å². The van der Waals surface area contributed by atoms with Gasteiger partial charge >= 0.3 is 0 Å². The minimum atomic E-state index is -0.439. The number of amides is 1. The van der Waals surface area contributed by atoms with Crippen LogP contribution in [0.5, 0.6) is 0 Å². The Morgan fingerprint density at radius 1 is 1.00 bits per heavy atom. The van der Waals surface area contributed by atoms with Crippen molar-refractivity contribution in [3.63, 3.8) is 0 Å². The molecule has 2 aromatic rings. The molecule has 0 spiro atoms. The number of anilines is 1. The quantitative estimate of drug-likeness (QED) is 0.432. The van der Waals surface area contributed by atoms with Crippen molar-refractivity contribution in [2.75, 3.05) is 51.2 Å². The highest BCUT2D eigenvalue weighted by molar-refractivity contribution is 5.94. The zero-order valence-corrected chi connectivity index (χ0v) is 17.1. The van der Waals surface area contributed by atoms with E-state index in [1.54, 1.807) is 19.2 Å². The molecule has 3 rings (SSSR count). The van der Waals surface area contributed by atoms with Crippen molar-refractivity contribution in [3.8, 4) is 0 Å². The van der Waals surface area contributed by atoms with Gasteiger partial charge in [-0.2, -0.15) is 0 Å². The average molecular weight is 415 g/mol. The molecule has 30 heavy (non-hydrogen) atoms. The van der Waals surface area contributed by atoms with Crippen LogP contribution in [0.3, 0.4) is 0 Å². The van der Waals surface area contributed by atoms with Crippen molar-refractivity contribution in [1.29, 1.82) is 0 Å². The summed E-state index contributed by atoms with van der Waals surface area (Å²) in [6.45, 7) is 3.69. The van der Waals surface area contributed by atoms with E-state index in [1.807, 2.05) is 23.1 Å². The Morgan fingerprint density at radius 2 is 1.70 bits per heavy atom. The molecule has 0 aliphatic carbocycles. The number of hydrogen-bond acceptors (Lipinski definition) is 3. The molecule has 0 bridgehead atoms. The molecule has 160 valence electrons. The van der Waals surface area contributed by atoms with E-state index in [0.29, 0.717) is 50.5 Å². The lowest BCUT2D eigenvalue weighted by molar-refractivity contribution is 0.0953. The second kappa shape index (κ2) is 10.6. The second-order valence-electron chi connectivity index (χ2n) is 7.02. The molecular weight excluding hydrogens is 388 g/mol. The molecule has 1 heterocycles. The fourth-order valence-corrected chi connectivity index (χ4v) is 3.40. The summed E-state index contributed by atoms with van der Waals surface area (Å²) in [7, 11) is 1.72. The van der Waals surface area contributed by atoms with Crippen molar-refractivity contribution in [2.45, 2.75) is 6.42 Å². The van der Waals surface area contributed by atoms with E-state index < -0.39 is 11.6 Å². The first-order chi connectivity index (χ1) is 14.6. The van der Waals surface area contributed by atoms with Gasteiger partial charge in [-0.05, 0) is 30.7 Å². The average Bonchev–Trinajstić information content (AvgIpc) is 2.78. The number of nitrogens with zero attached hydrogens (tertiary/aromatic N) is 3. The number of piperazine rings is 1. The van der Waals surface area contributed by atoms with Gasteiger partial charge in [-0.3, -0.25) is 9.79 Å². The van der Waals surface area contributed by atoms with Gasteiger partial charge in [-0.25, -0.2) is 8.78 Å². The van der Waals surface area contributed by atoms with Crippen molar-refractivity contribution in [2.24, 2.45) is 4.99 Å². The van der Waals surface area contributed by atoms with E-state index in [-0.39, 0.29) is 5.91 Å². The van der Waals surface area contributed by atoms with Gasteiger partial charge < -0.3 is 20.4 Å².